The molecule has 78 valence electrons. The molecule has 1 saturated carbocycles. The van der Waals surface area contributed by atoms with Gasteiger partial charge in [-0.05, 0) is 43.4 Å². The maximum absolute atomic E-state index is 6.05. The lowest BCUT2D eigenvalue weighted by molar-refractivity contribution is 0.448. The number of fused-ring (bicyclic) bond motifs is 1. The molecule has 1 aliphatic rings. The molecule has 0 amide bonds. The minimum atomic E-state index is -0.0160. The average molecular weight is 202 g/mol. The first kappa shape index (κ1) is 8.92. The van der Waals surface area contributed by atoms with Gasteiger partial charge >= 0.3 is 0 Å². The van der Waals surface area contributed by atoms with Gasteiger partial charge in [0.15, 0.2) is 5.58 Å². The van der Waals surface area contributed by atoms with Crippen LogP contribution in [0.4, 0.5) is 0 Å². The van der Waals surface area contributed by atoms with E-state index in [0.29, 0.717) is 11.8 Å². The summed E-state index contributed by atoms with van der Waals surface area (Å²) in [5, 5.41) is 0. The van der Waals surface area contributed by atoms with Gasteiger partial charge in [0.25, 0.3) is 0 Å². The number of oxazole rings is 1. The maximum Gasteiger partial charge on any atom is 0.212 e. The first-order valence-corrected chi connectivity index (χ1v) is 5.37. The molecule has 0 bridgehead atoms. The number of benzene rings is 1. The van der Waals surface area contributed by atoms with Crippen molar-refractivity contribution in [2.75, 3.05) is 0 Å². The fraction of sp³-hybridized carbons (Fsp3) is 0.417. The third-order valence-corrected chi connectivity index (χ3v) is 2.97. The standard InChI is InChI=1S/C12H14N2O/c1-7-2-5-10-9(6-7)14-12(15-10)11(13)8-3-4-8/h2,5-6,8,11H,3-4,13H2,1H3. The van der Waals surface area contributed by atoms with Crippen molar-refractivity contribution in [3.05, 3.63) is 29.7 Å². The van der Waals surface area contributed by atoms with Crippen LogP contribution in [0.3, 0.4) is 0 Å². The van der Waals surface area contributed by atoms with Gasteiger partial charge in [0.2, 0.25) is 5.89 Å². The first-order chi connectivity index (χ1) is 7.24. The highest BCUT2D eigenvalue weighted by Crippen LogP contribution is 2.39. The summed E-state index contributed by atoms with van der Waals surface area (Å²) in [4.78, 5) is 4.44. The molecule has 3 nitrogen and oxygen atoms in total. The topological polar surface area (TPSA) is 52.0 Å². The van der Waals surface area contributed by atoms with E-state index in [1.165, 1.54) is 18.4 Å². The van der Waals surface area contributed by atoms with Gasteiger partial charge < -0.3 is 10.2 Å². The zero-order valence-corrected chi connectivity index (χ0v) is 8.73. The van der Waals surface area contributed by atoms with Crippen molar-refractivity contribution < 1.29 is 4.42 Å². The van der Waals surface area contributed by atoms with Gasteiger partial charge in [-0.3, -0.25) is 0 Å². The van der Waals surface area contributed by atoms with Crippen LogP contribution in [0.1, 0.15) is 30.3 Å². The monoisotopic (exact) mass is 202 g/mol. The van der Waals surface area contributed by atoms with Crippen LogP contribution in [-0.4, -0.2) is 4.98 Å². The van der Waals surface area contributed by atoms with Crippen LogP contribution in [0.25, 0.3) is 11.1 Å². The third-order valence-electron chi connectivity index (χ3n) is 2.97. The van der Waals surface area contributed by atoms with Crippen LogP contribution in [0.15, 0.2) is 22.6 Å². The Morgan fingerprint density at radius 2 is 2.27 bits per heavy atom. The van der Waals surface area contributed by atoms with Crippen molar-refractivity contribution in [3.8, 4) is 0 Å². The molecule has 1 aromatic carbocycles. The second kappa shape index (κ2) is 3.07. The second-order valence-corrected chi connectivity index (χ2v) is 4.39. The molecule has 1 heterocycles. The third kappa shape index (κ3) is 1.53. The van der Waals surface area contributed by atoms with Crippen LogP contribution in [0.5, 0.6) is 0 Å². The van der Waals surface area contributed by atoms with E-state index in [9.17, 15) is 0 Å². The van der Waals surface area contributed by atoms with Crippen LogP contribution in [0.2, 0.25) is 0 Å². The number of rotatable bonds is 2. The summed E-state index contributed by atoms with van der Waals surface area (Å²) in [7, 11) is 0. The Bertz CT molecular complexity index is 499. The summed E-state index contributed by atoms with van der Waals surface area (Å²) >= 11 is 0. The van der Waals surface area contributed by atoms with Crippen molar-refractivity contribution in [1.82, 2.24) is 4.98 Å². The van der Waals surface area contributed by atoms with Crippen LogP contribution in [0, 0.1) is 12.8 Å². The molecule has 0 radical (unpaired) electrons. The fourth-order valence-corrected chi connectivity index (χ4v) is 1.85. The number of hydrogen-bond acceptors (Lipinski definition) is 3. The zero-order chi connectivity index (χ0) is 10.4. The maximum atomic E-state index is 6.05. The van der Waals surface area contributed by atoms with E-state index in [4.69, 9.17) is 10.2 Å². The summed E-state index contributed by atoms with van der Waals surface area (Å²) in [6.07, 6.45) is 2.41. The molecule has 3 heteroatoms. The molecule has 0 aliphatic heterocycles. The summed E-state index contributed by atoms with van der Waals surface area (Å²) in [5.74, 6) is 1.28. The highest BCUT2D eigenvalue weighted by molar-refractivity contribution is 5.73. The molecule has 1 atom stereocenters. The highest BCUT2D eigenvalue weighted by Gasteiger charge is 2.32. The summed E-state index contributed by atoms with van der Waals surface area (Å²) in [6.45, 7) is 2.05. The largest absolute Gasteiger partial charge is 0.439 e. The van der Waals surface area contributed by atoms with Gasteiger partial charge in [0.05, 0.1) is 6.04 Å². The van der Waals surface area contributed by atoms with Gasteiger partial charge in [0.1, 0.15) is 5.52 Å². The van der Waals surface area contributed by atoms with Crippen molar-refractivity contribution in [3.63, 3.8) is 0 Å². The van der Waals surface area contributed by atoms with E-state index in [0.717, 1.165) is 11.1 Å². The Labute approximate surface area is 88.3 Å². The predicted molar refractivity (Wildman–Crippen MR) is 58.4 cm³/mol. The molecule has 15 heavy (non-hydrogen) atoms. The molecule has 3 rings (SSSR count). The molecule has 0 saturated heterocycles. The first-order valence-electron chi connectivity index (χ1n) is 5.37. The molecule has 1 aromatic heterocycles. The lowest BCUT2D eigenvalue weighted by Crippen LogP contribution is -2.12. The Morgan fingerprint density at radius 1 is 1.47 bits per heavy atom. The van der Waals surface area contributed by atoms with Crippen molar-refractivity contribution >= 4 is 11.1 Å². The Kier molecular flexibility index (Phi) is 1.83. The second-order valence-electron chi connectivity index (χ2n) is 4.39. The highest BCUT2D eigenvalue weighted by atomic mass is 16.3. The van der Waals surface area contributed by atoms with Gasteiger partial charge in [-0.15, -0.1) is 0 Å². The van der Waals surface area contributed by atoms with E-state index in [1.54, 1.807) is 0 Å². The normalized spacial score (nSPS) is 18.3. The zero-order valence-electron chi connectivity index (χ0n) is 8.73. The number of nitrogens with two attached hydrogens (primary N) is 1. The lowest BCUT2D eigenvalue weighted by Gasteiger charge is -2.02. The van der Waals surface area contributed by atoms with Gasteiger partial charge in [-0.25, -0.2) is 4.98 Å². The predicted octanol–water partition coefficient (Wildman–Crippen LogP) is 2.55. The Hall–Kier alpha value is -1.35. The molecule has 2 aromatic rings. The summed E-state index contributed by atoms with van der Waals surface area (Å²) in [5.41, 5.74) is 9.00. The molecular weight excluding hydrogens is 188 g/mol. The molecule has 1 unspecified atom stereocenters. The summed E-state index contributed by atoms with van der Waals surface area (Å²) in [6, 6.07) is 6.00. The van der Waals surface area contributed by atoms with E-state index in [-0.39, 0.29) is 6.04 Å². The smallest absolute Gasteiger partial charge is 0.212 e. The Morgan fingerprint density at radius 3 is 3.00 bits per heavy atom. The number of hydrogen-bond donors (Lipinski definition) is 1. The van der Waals surface area contributed by atoms with E-state index in [2.05, 4.69) is 11.9 Å². The SMILES string of the molecule is Cc1ccc2oc(C(N)C3CC3)nc2c1. The van der Waals surface area contributed by atoms with Crippen molar-refractivity contribution in [2.24, 2.45) is 11.7 Å². The van der Waals surface area contributed by atoms with E-state index < -0.39 is 0 Å². The van der Waals surface area contributed by atoms with Crippen LogP contribution >= 0.6 is 0 Å². The van der Waals surface area contributed by atoms with E-state index in [1.807, 2.05) is 18.2 Å². The van der Waals surface area contributed by atoms with Crippen LogP contribution in [-0.2, 0) is 0 Å². The molecule has 0 spiro atoms. The molecule has 1 fully saturated rings. The van der Waals surface area contributed by atoms with Gasteiger partial charge in [0, 0.05) is 0 Å². The summed E-state index contributed by atoms with van der Waals surface area (Å²) < 4.78 is 5.65. The van der Waals surface area contributed by atoms with E-state index >= 15 is 0 Å². The molecular formula is C12H14N2O. The number of aromatic nitrogens is 1. The Balaban J connectivity index is 2.05. The molecule has 2 N–H and O–H groups in total. The number of nitrogens with zero attached hydrogens (tertiary/aromatic N) is 1. The minimum absolute atomic E-state index is 0.0160. The molecule has 1 aliphatic carbocycles. The van der Waals surface area contributed by atoms with Gasteiger partial charge in [-0.1, -0.05) is 6.07 Å². The van der Waals surface area contributed by atoms with Crippen molar-refractivity contribution in [2.45, 2.75) is 25.8 Å². The van der Waals surface area contributed by atoms with Crippen molar-refractivity contribution in [1.29, 1.82) is 0 Å². The number of aryl methyl sites for hydroxylation is 1. The lowest BCUT2D eigenvalue weighted by atomic mass is 10.2. The van der Waals surface area contributed by atoms with Crippen LogP contribution < -0.4 is 5.73 Å². The fourth-order valence-electron chi connectivity index (χ4n) is 1.85. The average Bonchev–Trinajstić information content (AvgIpc) is 2.97. The van der Waals surface area contributed by atoms with Gasteiger partial charge in [-0.2, -0.15) is 0 Å². The quantitative estimate of drug-likeness (QED) is 0.814. The minimum Gasteiger partial charge on any atom is -0.439 e.